The molecule has 0 saturated heterocycles. The SMILES string of the molecule is Cc1ccc(CNc2ccc3c(c2)C(OCc2ccccc2)C(OC(=O)c2ccc(C)cc2)C(C)(C)O3)cc1. The number of hydrogen-bond donors (Lipinski definition) is 1. The van der Waals surface area contributed by atoms with Crippen molar-refractivity contribution in [2.75, 3.05) is 5.32 Å². The van der Waals surface area contributed by atoms with Crippen LogP contribution in [0.25, 0.3) is 0 Å². The molecule has 0 fully saturated rings. The lowest BCUT2D eigenvalue weighted by molar-refractivity contribution is -0.143. The molecule has 0 aliphatic carbocycles. The molecule has 4 aromatic rings. The van der Waals surface area contributed by atoms with E-state index in [1.54, 1.807) is 12.1 Å². The van der Waals surface area contributed by atoms with Crippen LogP contribution >= 0.6 is 0 Å². The molecule has 1 aliphatic rings. The van der Waals surface area contributed by atoms with E-state index in [1.807, 2.05) is 81.4 Å². The van der Waals surface area contributed by atoms with E-state index >= 15 is 0 Å². The summed E-state index contributed by atoms with van der Waals surface area (Å²) in [6.07, 6.45) is -1.20. The van der Waals surface area contributed by atoms with Crippen LogP contribution in [-0.2, 0) is 22.6 Å². The van der Waals surface area contributed by atoms with Gasteiger partial charge in [0.05, 0.1) is 12.2 Å². The molecule has 0 amide bonds. The molecular formula is C34H35NO4. The van der Waals surface area contributed by atoms with Crippen molar-refractivity contribution in [2.45, 2.75) is 58.7 Å². The summed E-state index contributed by atoms with van der Waals surface area (Å²) < 4.78 is 19.1. The fourth-order valence-electron chi connectivity index (χ4n) is 4.77. The Bertz CT molecular complexity index is 1410. The van der Waals surface area contributed by atoms with Gasteiger partial charge in [-0.2, -0.15) is 0 Å². The highest BCUT2D eigenvalue weighted by atomic mass is 16.6. The maximum Gasteiger partial charge on any atom is 0.338 e. The molecular weight excluding hydrogens is 486 g/mol. The Balaban J connectivity index is 1.44. The van der Waals surface area contributed by atoms with E-state index in [0.29, 0.717) is 18.7 Å². The second kappa shape index (κ2) is 11.3. The molecule has 0 bridgehead atoms. The number of benzene rings is 4. The molecule has 1 N–H and O–H groups in total. The zero-order chi connectivity index (χ0) is 27.4. The Labute approximate surface area is 230 Å². The fourth-order valence-corrected chi connectivity index (χ4v) is 4.77. The van der Waals surface area contributed by atoms with Gasteiger partial charge in [0.15, 0.2) is 6.10 Å². The van der Waals surface area contributed by atoms with Gasteiger partial charge in [0.2, 0.25) is 0 Å². The van der Waals surface area contributed by atoms with Crippen molar-refractivity contribution in [1.82, 2.24) is 0 Å². The number of anilines is 1. The first-order chi connectivity index (χ1) is 18.8. The predicted molar refractivity (Wildman–Crippen MR) is 154 cm³/mol. The second-order valence-corrected chi connectivity index (χ2v) is 10.7. The molecule has 39 heavy (non-hydrogen) atoms. The first kappa shape index (κ1) is 26.5. The summed E-state index contributed by atoms with van der Waals surface area (Å²) in [5.74, 6) is 0.323. The Morgan fingerprint density at radius 3 is 2.21 bits per heavy atom. The Morgan fingerprint density at radius 1 is 0.846 bits per heavy atom. The van der Waals surface area contributed by atoms with Gasteiger partial charge in [0.25, 0.3) is 0 Å². The lowest BCUT2D eigenvalue weighted by Gasteiger charge is -2.43. The van der Waals surface area contributed by atoms with Crippen LogP contribution in [0.1, 0.15) is 58.1 Å². The van der Waals surface area contributed by atoms with Gasteiger partial charge in [-0.3, -0.25) is 0 Å². The first-order valence-corrected chi connectivity index (χ1v) is 13.3. The van der Waals surface area contributed by atoms with Crippen LogP contribution in [0.2, 0.25) is 0 Å². The van der Waals surface area contributed by atoms with E-state index in [2.05, 4.69) is 36.5 Å². The molecule has 2 unspecified atom stereocenters. The third kappa shape index (κ3) is 6.32. The smallest absolute Gasteiger partial charge is 0.338 e. The number of ether oxygens (including phenoxy) is 3. The van der Waals surface area contributed by atoms with E-state index in [4.69, 9.17) is 14.2 Å². The first-order valence-electron chi connectivity index (χ1n) is 13.3. The molecule has 0 saturated carbocycles. The highest BCUT2D eigenvalue weighted by Gasteiger charge is 2.47. The number of hydrogen-bond acceptors (Lipinski definition) is 5. The normalized spacial score (nSPS) is 17.5. The van der Waals surface area contributed by atoms with Crippen LogP contribution in [0.15, 0.2) is 97.1 Å². The summed E-state index contributed by atoms with van der Waals surface area (Å²) in [6.45, 7) is 9.01. The molecule has 0 radical (unpaired) electrons. The van der Waals surface area contributed by atoms with Crippen LogP contribution < -0.4 is 10.1 Å². The number of rotatable bonds is 8. The van der Waals surface area contributed by atoms with Gasteiger partial charge in [-0.15, -0.1) is 0 Å². The number of nitrogens with one attached hydrogen (secondary N) is 1. The maximum atomic E-state index is 13.2. The van der Waals surface area contributed by atoms with Gasteiger partial charge in [-0.05, 0) is 69.2 Å². The third-order valence-corrected chi connectivity index (χ3v) is 7.06. The monoisotopic (exact) mass is 521 g/mol. The lowest BCUT2D eigenvalue weighted by Crippen LogP contribution is -2.51. The zero-order valence-electron chi connectivity index (χ0n) is 22.9. The minimum atomic E-state index is -0.814. The Morgan fingerprint density at radius 2 is 1.51 bits per heavy atom. The minimum Gasteiger partial charge on any atom is -0.483 e. The van der Waals surface area contributed by atoms with Crippen molar-refractivity contribution >= 4 is 11.7 Å². The number of aryl methyl sites for hydroxylation is 2. The second-order valence-electron chi connectivity index (χ2n) is 10.7. The molecule has 2 atom stereocenters. The maximum absolute atomic E-state index is 13.2. The van der Waals surface area contributed by atoms with Gasteiger partial charge < -0.3 is 19.5 Å². The number of carbonyl (C=O) groups is 1. The van der Waals surface area contributed by atoms with Crippen LogP contribution in [-0.4, -0.2) is 17.7 Å². The van der Waals surface area contributed by atoms with Crippen molar-refractivity contribution in [1.29, 1.82) is 0 Å². The van der Waals surface area contributed by atoms with E-state index in [9.17, 15) is 4.79 Å². The highest BCUT2D eigenvalue weighted by molar-refractivity contribution is 5.89. The summed E-state index contributed by atoms with van der Waals surface area (Å²) in [6, 6.07) is 31.9. The number of esters is 1. The predicted octanol–water partition coefficient (Wildman–Crippen LogP) is 7.57. The van der Waals surface area contributed by atoms with E-state index in [-0.39, 0.29) is 0 Å². The van der Waals surface area contributed by atoms with Gasteiger partial charge in [0, 0.05) is 17.8 Å². The summed E-state index contributed by atoms with van der Waals surface area (Å²) in [7, 11) is 0. The van der Waals surface area contributed by atoms with Crippen molar-refractivity contribution in [3.63, 3.8) is 0 Å². The molecule has 1 heterocycles. The molecule has 0 aromatic heterocycles. The standard InChI is InChI=1S/C34H35NO4/c1-23-10-14-25(15-11-23)21-35-28-18-19-30-29(20-28)31(37-22-26-8-6-5-7-9-26)32(34(3,4)39-30)38-33(36)27-16-12-24(2)13-17-27/h5-20,31-32,35H,21-22H2,1-4H3. The van der Waals surface area contributed by atoms with E-state index in [0.717, 1.165) is 28.1 Å². The zero-order valence-corrected chi connectivity index (χ0v) is 22.9. The van der Waals surface area contributed by atoms with Gasteiger partial charge >= 0.3 is 5.97 Å². The quantitative estimate of drug-likeness (QED) is 0.242. The van der Waals surface area contributed by atoms with Crippen LogP contribution in [0.5, 0.6) is 5.75 Å². The van der Waals surface area contributed by atoms with Crippen LogP contribution in [0, 0.1) is 13.8 Å². The Hall–Kier alpha value is -4.09. The fraction of sp³-hybridized carbons (Fsp3) is 0.265. The molecule has 5 nitrogen and oxygen atoms in total. The summed E-state index contributed by atoms with van der Waals surface area (Å²) in [5, 5.41) is 3.51. The third-order valence-electron chi connectivity index (χ3n) is 7.06. The van der Waals surface area contributed by atoms with Gasteiger partial charge in [-0.1, -0.05) is 77.9 Å². The number of carbonyl (C=O) groups excluding carboxylic acids is 1. The summed E-state index contributed by atoms with van der Waals surface area (Å²) in [4.78, 5) is 13.2. The van der Waals surface area contributed by atoms with Crippen LogP contribution in [0.4, 0.5) is 5.69 Å². The molecule has 5 heteroatoms. The van der Waals surface area contributed by atoms with Crippen molar-refractivity contribution in [2.24, 2.45) is 0 Å². The minimum absolute atomic E-state index is 0.376. The summed E-state index contributed by atoms with van der Waals surface area (Å²) in [5.41, 5.74) is 6.02. The van der Waals surface area contributed by atoms with Crippen LogP contribution in [0.3, 0.4) is 0 Å². The van der Waals surface area contributed by atoms with Gasteiger partial charge in [-0.25, -0.2) is 4.79 Å². The summed E-state index contributed by atoms with van der Waals surface area (Å²) >= 11 is 0. The topological polar surface area (TPSA) is 56.8 Å². The molecule has 0 spiro atoms. The van der Waals surface area contributed by atoms with Gasteiger partial charge in [0.1, 0.15) is 17.5 Å². The molecule has 200 valence electrons. The van der Waals surface area contributed by atoms with Crippen molar-refractivity contribution in [3.8, 4) is 5.75 Å². The van der Waals surface area contributed by atoms with Crippen molar-refractivity contribution in [3.05, 3.63) is 130 Å². The molecule has 1 aliphatic heterocycles. The largest absolute Gasteiger partial charge is 0.483 e. The highest BCUT2D eigenvalue weighted by Crippen LogP contribution is 2.45. The average molecular weight is 522 g/mol. The van der Waals surface area contributed by atoms with E-state index in [1.165, 1.54) is 11.1 Å². The lowest BCUT2D eigenvalue weighted by atomic mass is 9.87. The Kier molecular flexibility index (Phi) is 7.71. The number of fused-ring (bicyclic) bond motifs is 1. The molecule has 5 rings (SSSR count). The van der Waals surface area contributed by atoms with Crippen molar-refractivity contribution < 1.29 is 19.0 Å². The average Bonchev–Trinajstić information content (AvgIpc) is 2.93. The molecule has 4 aromatic carbocycles. The van der Waals surface area contributed by atoms with E-state index < -0.39 is 23.8 Å².